The first kappa shape index (κ1) is 13.8. The van der Waals surface area contributed by atoms with Crippen LogP contribution in [0.4, 0.5) is 5.69 Å². The van der Waals surface area contributed by atoms with Crippen molar-refractivity contribution in [1.29, 1.82) is 0 Å². The third kappa shape index (κ3) is 2.56. The first-order valence-corrected chi connectivity index (χ1v) is 6.98. The SMILES string of the molecule is CC1(C)CN(c2c(C(=O)O)cnc3ccccc23)CCO1. The summed E-state index contributed by atoms with van der Waals surface area (Å²) in [6, 6.07) is 7.64. The van der Waals surface area contributed by atoms with Crippen molar-refractivity contribution in [1.82, 2.24) is 4.98 Å². The van der Waals surface area contributed by atoms with E-state index >= 15 is 0 Å². The molecule has 3 rings (SSSR count). The average Bonchev–Trinajstić information content (AvgIpc) is 2.44. The number of anilines is 1. The van der Waals surface area contributed by atoms with Crippen LogP contribution in [0.15, 0.2) is 30.5 Å². The standard InChI is InChI=1S/C16H18N2O3/c1-16(2)10-18(7-8-21-16)14-11-5-3-4-6-13(11)17-9-12(14)15(19)20/h3-6,9H,7-8,10H2,1-2H3,(H,19,20). The van der Waals surface area contributed by atoms with E-state index in [1.165, 1.54) is 6.20 Å². The minimum atomic E-state index is -0.951. The molecule has 2 heterocycles. The second-order valence-electron chi connectivity index (χ2n) is 5.87. The lowest BCUT2D eigenvalue weighted by atomic mass is 10.0. The molecular weight excluding hydrogens is 268 g/mol. The molecule has 0 aliphatic carbocycles. The van der Waals surface area contributed by atoms with Gasteiger partial charge in [-0.15, -0.1) is 0 Å². The number of aromatic carboxylic acids is 1. The van der Waals surface area contributed by atoms with Gasteiger partial charge in [-0.25, -0.2) is 4.79 Å². The Bertz CT molecular complexity index is 697. The molecule has 1 saturated heterocycles. The summed E-state index contributed by atoms with van der Waals surface area (Å²) < 4.78 is 5.72. The van der Waals surface area contributed by atoms with E-state index in [2.05, 4.69) is 9.88 Å². The van der Waals surface area contributed by atoms with Gasteiger partial charge in [0.05, 0.1) is 23.4 Å². The fourth-order valence-electron chi connectivity index (χ4n) is 2.83. The Kier molecular flexibility index (Phi) is 3.29. The monoisotopic (exact) mass is 286 g/mol. The molecule has 1 fully saturated rings. The van der Waals surface area contributed by atoms with Gasteiger partial charge in [0.15, 0.2) is 0 Å². The third-order valence-corrected chi connectivity index (χ3v) is 3.72. The molecule has 5 nitrogen and oxygen atoms in total. The summed E-state index contributed by atoms with van der Waals surface area (Å²) in [6.07, 6.45) is 1.45. The lowest BCUT2D eigenvalue weighted by molar-refractivity contribution is -0.0276. The molecule has 1 aromatic heterocycles. The molecule has 1 aliphatic rings. The van der Waals surface area contributed by atoms with Gasteiger partial charge in [-0.3, -0.25) is 4.98 Å². The Morgan fingerprint density at radius 3 is 2.86 bits per heavy atom. The van der Waals surface area contributed by atoms with E-state index in [4.69, 9.17) is 4.74 Å². The van der Waals surface area contributed by atoms with Gasteiger partial charge in [-0.2, -0.15) is 0 Å². The minimum absolute atomic E-state index is 0.242. The number of pyridine rings is 1. The van der Waals surface area contributed by atoms with Crippen molar-refractivity contribution < 1.29 is 14.6 Å². The maximum atomic E-state index is 11.6. The fourth-order valence-corrected chi connectivity index (χ4v) is 2.83. The third-order valence-electron chi connectivity index (χ3n) is 3.72. The molecule has 0 radical (unpaired) electrons. The van der Waals surface area contributed by atoms with Crippen molar-refractivity contribution in [3.63, 3.8) is 0 Å². The molecule has 0 saturated carbocycles. The van der Waals surface area contributed by atoms with Gasteiger partial charge in [-0.05, 0) is 19.9 Å². The summed E-state index contributed by atoms with van der Waals surface area (Å²) in [6.45, 7) is 5.95. The van der Waals surface area contributed by atoms with Crippen LogP contribution in [0.3, 0.4) is 0 Å². The van der Waals surface area contributed by atoms with Gasteiger partial charge < -0.3 is 14.7 Å². The van der Waals surface area contributed by atoms with E-state index in [1.54, 1.807) is 0 Å². The number of morpholine rings is 1. The summed E-state index contributed by atoms with van der Waals surface area (Å²) in [4.78, 5) is 17.9. The van der Waals surface area contributed by atoms with Gasteiger partial charge in [0, 0.05) is 24.7 Å². The Labute approximate surface area is 123 Å². The van der Waals surface area contributed by atoms with Crippen LogP contribution in [0.2, 0.25) is 0 Å². The summed E-state index contributed by atoms with van der Waals surface area (Å²) in [7, 11) is 0. The van der Waals surface area contributed by atoms with Crippen LogP contribution in [0.25, 0.3) is 10.9 Å². The van der Waals surface area contributed by atoms with Crippen LogP contribution in [0.5, 0.6) is 0 Å². The van der Waals surface area contributed by atoms with E-state index in [0.717, 1.165) is 16.6 Å². The average molecular weight is 286 g/mol. The van der Waals surface area contributed by atoms with Crippen LogP contribution in [-0.4, -0.2) is 41.4 Å². The largest absolute Gasteiger partial charge is 0.478 e. The van der Waals surface area contributed by atoms with Gasteiger partial charge in [0.2, 0.25) is 0 Å². The number of benzene rings is 1. The highest BCUT2D eigenvalue weighted by Gasteiger charge is 2.30. The second kappa shape index (κ2) is 5.00. The van der Waals surface area contributed by atoms with Crippen LogP contribution in [0.1, 0.15) is 24.2 Å². The van der Waals surface area contributed by atoms with Gasteiger partial charge in [-0.1, -0.05) is 18.2 Å². The van der Waals surface area contributed by atoms with Gasteiger partial charge in [0.1, 0.15) is 5.56 Å². The van der Waals surface area contributed by atoms with Crippen molar-refractivity contribution in [2.75, 3.05) is 24.6 Å². The van der Waals surface area contributed by atoms with E-state index in [0.29, 0.717) is 19.7 Å². The molecule has 1 aliphatic heterocycles. The highest BCUT2D eigenvalue weighted by Crippen LogP contribution is 2.32. The lowest BCUT2D eigenvalue weighted by Gasteiger charge is -2.40. The Morgan fingerprint density at radius 1 is 1.38 bits per heavy atom. The van der Waals surface area contributed by atoms with Crippen molar-refractivity contribution in [2.45, 2.75) is 19.4 Å². The van der Waals surface area contributed by atoms with E-state index in [-0.39, 0.29) is 11.2 Å². The lowest BCUT2D eigenvalue weighted by Crippen LogP contribution is -2.48. The molecule has 0 bridgehead atoms. The Morgan fingerprint density at radius 2 is 2.14 bits per heavy atom. The maximum Gasteiger partial charge on any atom is 0.339 e. The molecule has 5 heteroatoms. The number of carboxylic acid groups (broad SMARTS) is 1. The molecule has 0 amide bonds. The topological polar surface area (TPSA) is 62.7 Å². The van der Waals surface area contributed by atoms with Crippen molar-refractivity contribution in [3.8, 4) is 0 Å². The van der Waals surface area contributed by atoms with E-state index in [9.17, 15) is 9.90 Å². The first-order chi connectivity index (χ1) is 9.98. The predicted molar refractivity (Wildman–Crippen MR) is 80.9 cm³/mol. The molecule has 1 aromatic carbocycles. The number of hydrogen-bond acceptors (Lipinski definition) is 4. The van der Waals surface area contributed by atoms with Crippen LogP contribution in [0, 0.1) is 0 Å². The van der Waals surface area contributed by atoms with E-state index < -0.39 is 5.97 Å². The molecule has 1 N–H and O–H groups in total. The molecule has 0 atom stereocenters. The molecule has 0 spiro atoms. The minimum Gasteiger partial charge on any atom is -0.478 e. The molecule has 0 unspecified atom stereocenters. The zero-order valence-corrected chi connectivity index (χ0v) is 12.2. The van der Waals surface area contributed by atoms with Gasteiger partial charge in [0.25, 0.3) is 0 Å². The molecular formula is C16H18N2O3. The fraction of sp³-hybridized carbons (Fsp3) is 0.375. The maximum absolute atomic E-state index is 11.6. The number of aromatic nitrogens is 1. The molecule has 110 valence electrons. The summed E-state index contributed by atoms with van der Waals surface area (Å²) in [5, 5.41) is 10.4. The number of carbonyl (C=O) groups is 1. The molecule has 21 heavy (non-hydrogen) atoms. The number of para-hydroxylation sites is 1. The van der Waals surface area contributed by atoms with Crippen LogP contribution >= 0.6 is 0 Å². The highest BCUT2D eigenvalue weighted by atomic mass is 16.5. The number of hydrogen-bond donors (Lipinski definition) is 1. The smallest absolute Gasteiger partial charge is 0.339 e. The number of ether oxygens (including phenoxy) is 1. The number of fused-ring (bicyclic) bond motifs is 1. The second-order valence-corrected chi connectivity index (χ2v) is 5.87. The Balaban J connectivity index is 2.18. The van der Waals surface area contributed by atoms with Crippen LogP contribution in [-0.2, 0) is 4.74 Å². The molecule has 2 aromatic rings. The van der Waals surface area contributed by atoms with Crippen molar-refractivity contribution in [2.24, 2.45) is 0 Å². The predicted octanol–water partition coefficient (Wildman–Crippen LogP) is 2.55. The summed E-state index contributed by atoms with van der Waals surface area (Å²) in [5.41, 5.74) is 1.50. The number of carboxylic acids is 1. The summed E-state index contributed by atoms with van der Waals surface area (Å²) >= 11 is 0. The Hall–Kier alpha value is -2.14. The van der Waals surface area contributed by atoms with Crippen molar-refractivity contribution >= 4 is 22.6 Å². The number of nitrogens with zero attached hydrogens (tertiary/aromatic N) is 2. The van der Waals surface area contributed by atoms with E-state index in [1.807, 2.05) is 38.1 Å². The van der Waals surface area contributed by atoms with Gasteiger partial charge >= 0.3 is 5.97 Å². The van der Waals surface area contributed by atoms with Crippen LogP contribution < -0.4 is 4.90 Å². The number of rotatable bonds is 2. The van der Waals surface area contributed by atoms with Crippen molar-refractivity contribution in [3.05, 3.63) is 36.0 Å². The first-order valence-electron chi connectivity index (χ1n) is 6.98. The zero-order valence-electron chi connectivity index (χ0n) is 12.2. The normalized spacial score (nSPS) is 17.9. The quantitative estimate of drug-likeness (QED) is 0.919. The summed E-state index contributed by atoms with van der Waals surface area (Å²) in [5.74, 6) is -0.951. The zero-order chi connectivity index (χ0) is 15.0. The highest BCUT2D eigenvalue weighted by molar-refractivity contribution is 6.04.